The largest absolute Gasteiger partial charge is 0.339 e. The lowest BCUT2D eigenvalue weighted by molar-refractivity contribution is -0.131. The van der Waals surface area contributed by atoms with E-state index < -0.39 is 0 Å². The second-order valence-corrected chi connectivity index (χ2v) is 6.46. The van der Waals surface area contributed by atoms with E-state index in [1.165, 1.54) is 0 Å². The Balaban J connectivity index is 1.51. The first-order valence-electron chi connectivity index (χ1n) is 8.41. The summed E-state index contributed by atoms with van der Waals surface area (Å²) < 4.78 is 6.86. The highest BCUT2D eigenvalue weighted by Crippen LogP contribution is 2.31. The third kappa shape index (κ3) is 2.97. The second-order valence-electron chi connectivity index (χ2n) is 6.46. The molecule has 1 atom stereocenters. The van der Waals surface area contributed by atoms with Crippen molar-refractivity contribution in [3.63, 3.8) is 0 Å². The summed E-state index contributed by atoms with van der Waals surface area (Å²) in [5.41, 5.74) is 0. The Kier molecular flexibility index (Phi) is 3.90. The lowest BCUT2D eigenvalue weighted by Crippen LogP contribution is -2.32. The average Bonchev–Trinajstić information content (AvgIpc) is 3.32. The molecule has 4 rings (SSSR count). The molecule has 1 aliphatic rings. The van der Waals surface area contributed by atoms with Crippen LogP contribution in [0.15, 0.2) is 23.0 Å². The van der Waals surface area contributed by atoms with E-state index in [1.807, 2.05) is 13.8 Å². The number of carbonyl (C=O) groups excluding carboxylic acids is 1. The van der Waals surface area contributed by atoms with Crippen LogP contribution in [-0.2, 0) is 11.2 Å². The molecule has 0 aromatic carbocycles. The van der Waals surface area contributed by atoms with Gasteiger partial charge in [0, 0.05) is 24.9 Å². The monoisotopic (exact) mass is 341 g/mol. The summed E-state index contributed by atoms with van der Waals surface area (Å²) in [5.74, 6) is 2.27. The van der Waals surface area contributed by atoms with Crippen molar-refractivity contribution in [1.82, 2.24) is 34.6 Å². The maximum atomic E-state index is 12.7. The maximum Gasteiger partial charge on any atom is 0.252 e. The Morgan fingerprint density at radius 1 is 1.40 bits per heavy atom. The van der Waals surface area contributed by atoms with Gasteiger partial charge in [-0.15, -0.1) is 5.10 Å². The molecule has 9 nitrogen and oxygen atoms in total. The van der Waals surface area contributed by atoms with Crippen LogP contribution in [0.3, 0.4) is 0 Å². The Bertz CT molecular complexity index is 868. The summed E-state index contributed by atoms with van der Waals surface area (Å²) in [6, 6.07) is 1.63. The van der Waals surface area contributed by atoms with Crippen LogP contribution in [0, 0.1) is 0 Å². The van der Waals surface area contributed by atoms with Crippen LogP contribution in [0.5, 0.6) is 0 Å². The van der Waals surface area contributed by atoms with Crippen LogP contribution in [0.4, 0.5) is 0 Å². The average molecular weight is 341 g/mol. The molecule has 130 valence electrons. The molecule has 1 saturated heterocycles. The van der Waals surface area contributed by atoms with Crippen LogP contribution in [-0.4, -0.2) is 47.1 Å². The lowest BCUT2D eigenvalue weighted by atomic mass is 10.2. The Labute approximate surface area is 144 Å². The van der Waals surface area contributed by atoms with E-state index in [1.54, 1.807) is 27.9 Å². The molecular formula is C16H19N7O2. The smallest absolute Gasteiger partial charge is 0.252 e. The number of likely N-dealkylation sites (tertiary alicyclic amines) is 1. The molecule has 1 amide bonds. The summed E-state index contributed by atoms with van der Waals surface area (Å²) in [6.45, 7) is 4.68. The van der Waals surface area contributed by atoms with E-state index in [4.69, 9.17) is 4.52 Å². The van der Waals surface area contributed by atoms with Crippen molar-refractivity contribution >= 4 is 11.7 Å². The molecule has 0 spiro atoms. The second kappa shape index (κ2) is 6.23. The molecule has 0 N–H and O–H groups in total. The predicted octanol–water partition coefficient (Wildman–Crippen LogP) is 1.54. The molecule has 0 unspecified atom stereocenters. The summed E-state index contributed by atoms with van der Waals surface area (Å²) >= 11 is 0. The van der Waals surface area contributed by atoms with Crippen LogP contribution in [0.25, 0.3) is 5.78 Å². The molecular weight excluding hydrogens is 322 g/mol. The van der Waals surface area contributed by atoms with Gasteiger partial charge in [0.1, 0.15) is 0 Å². The minimum Gasteiger partial charge on any atom is -0.339 e. The fourth-order valence-electron chi connectivity index (χ4n) is 3.04. The molecule has 0 saturated carbocycles. The summed E-state index contributed by atoms with van der Waals surface area (Å²) in [7, 11) is 0. The van der Waals surface area contributed by atoms with Gasteiger partial charge in [-0.25, -0.2) is 9.50 Å². The van der Waals surface area contributed by atoms with Gasteiger partial charge in [-0.05, 0) is 18.9 Å². The molecule has 3 aromatic heterocycles. The molecule has 4 heterocycles. The molecule has 0 radical (unpaired) electrons. The summed E-state index contributed by atoms with van der Waals surface area (Å²) in [6.07, 6.45) is 5.29. The number of rotatable bonds is 4. The van der Waals surface area contributed by atoms with E-state index in [9.17, 15) is 4.79 Å². The summed E-state index contributed by atoms with van der Waals surface area (Å²) in [4.78, 5) is 27.4. The van der Waals surface area contributed by atoms with Crippen molar-refractivity contribution < 1.29 is 9.32 Å². The van der Waals surface area contributed by atoms with Crippen LogP contribution < -0.4 is 0 Å². The van der Waals surface area contributed by atoms with Gasteiger partial charge in [-0.3, -0.25) is 4.79 Å². The standard InChI is InChI=1S/C16H19N7O2/c1-10(2)15-19-14(21-25-15)11-5-3-7-22(11)13(24)9-12-18-16-17-6-4-8-23(16)20-12/h4,6,8,10-11H,3,5,7,9H2,1-2H3/t11-/m0/s1. The van der Waals surface area contributed by atoms with Crippen molar-refractivity contribution in [1.29, 1.82) is 0 Å². The third-order valence-corrected chi connectivity index (χ3v) is 4.29. The Morgan fingerprint density at radius 2 is 2.28 bits per heavy atom. The molecule has 0 aliphatic carbocycles. The fourth-order valence-corrected chi connectivity index (χ4v) is 3.04. The highest BCUT2D eigenvalue weighted by atomic mass is 16.5. The highest BCUT2D eigenvalue weighted by Gasteiger charge is 2.34. The van der Waals surface area contributed by atoms with E-state index >= 15 is 0 Å². The van der Waals surface area contributed by atoms with Gasteiger partial charge in [-0.2, -0.15) is 9.97 Å². The van der Waals surface area contributed by atoms with Gasteiger partial charge in [0.25, 0.3) is 5.78 Å². The molecule has 25 heavy (non-hydrogen) atoms. The van der Waals surface area contributed by atoms with E-state index in [0.717, 1.165) is 12.8 Å². The van der Waals surface area contributed by atoms with Crippen molar-refractivity contribution in [3.05, 3.63) is 36.0 Å². The van der Waals surface area contributed by atoms with Crippen molar-refractivity contribution in [2.45, 2.75) is 45.1 Å². The molecule has 3 aromatic rings. The third-order valence-electron chi connectivity index (χ3n) is 4.29. The topological polar surface area (TPSA) is 102 Å². The number of fused-ring (bicyclic) bond motifs is 1. The molecule has 0 bridgehead atoms. The van der Waals surface area contributed by atoms with Crippen molar-refractivity contribution in [3.8, 4) is 0 Å². The predicted molar refractivity (Wildman–Crippen MR) is 86.6 cm³/mol. The van der Waals surface area contributed by atoms with Gasteiger partial charge in [-0.1, -0.05) is 19.0 Å². The molecule has 1 fully saturated rings. The Morgan fingerprint density at radius 3 is 3.04 bits per heavy atom. The van der Waals surface area contributed by atoms with Crippen molar-refractivity contribution in [2.75, 3.05) is 6.54 Å². The first-order chi connectivity index (χ1) is 12.1. The van der Waals surface area contributed by atoms with Gasteiger partial charge in [0.15, 0.2) is 11.6 Å². The highest BCUT2D eigenvalue weighted by molar-refractivity contribution is 5.78. The van der Waals surface area contributed by atoms with E-state index in [0.29, 0.717) is 29.9 Å². The number of hydrogen-bond donors (Lipinski definition) is 0. The first-order valence-corrected chi connectivity index (χ1v) is 8.41. The van der Waals surface area contributed by atoms with Gasteiger partial charge in [0.2, 0.25) is 11.8 Å². The van der Waals surface area contributed by atoms with E-state index in [-0.39, 0.29) is 24.3 Å². The van der Waals surface area contributed by atoms with Crippen LogP contribution >= 0.6 is 0 Å². The maximum absolute atomic E-state index is 12.7. The van der Waals surface area contributed by atoms with Crippen molar-refractivity contribution in [2.24, 2.45) is 0 Å². The quantitative estimate of drug-likeness (QED) is 0.709. The number of amides is 1. The fraction of sp³-hybridized carbons (Fsp3) is 0.500. The van der Waals surface area contributed by atoms with Crippen LogP contribution in [0.2, 0.25) is 0 Å². The van der Waals surface area contributed by atoms with Gasteiger partial charge in [0.05, 0.1) is 12.5 Å². The minimum absolute atomic E-state index is 0.0331. The summed E-state index contributed by atoms with van der Waals surface area (Å²) in [5, 5.41) is 8.36. The lowest BCUT2D eigenvalue weighted by Gasteiger charge is -2.21. The molecule has 9 heteroatoms. The SMILES string of the molecule is CC(C)c1nc([C@@H]2CCCN2C(=O)Cc2nc3ncccn3n2)no1. The Hall–Kier alpha value is -2.84. The van der Waals surface area contributed by atoms with E-state index in [2.05, 4.69) is 25.2 Å². The minimum atomic E-state index is -0.140. The first kappa shape index (κ1) is 15.7. The number of nitrogens with zero attached hydrogens (tertiary/aromatic N) is 7. The number of aromatic nitrogens is 6. The zero-order chi connectivity index (χ0) is 17.4. The zero-order valence-electron chi connectivity index (χ0n) is 14.2. The normalized spacial score (nSPS) is 17.7. The number of hydrogen-bond acceptors (Lipinski definition) is 7. The van der Waals surface area contributed by atoms with Crippen LogP contribution in [0.1, 0.15) is 56.2 Å². The van der Waals surface area contributed by atoms with Gasteiger partial charge < -0.3 is 9.42 Å². The molecule has 1 aliphatic heterocycles. The zero-order valence-corrected chi connectivity index (χ0v) is 14.2. The number of carbonyl (C=O) groups is 1. The van der Waals surface area contributed by atoms with Gasteiger partial charge >= 0.3 is 0 Å².